The second kappa shape index (κ2) is 8.41. The lowest BCUT2D eigenvalue weighted by Crippen LogP contribution is -2.22. The van der Waals surface area contributed by atoms with E-state index >= 15 is 0 Å². The maximum Gasteiger partial charge on any atom is 0.309 e. The number of ketones is 1. The lowest BCUT2D eigenvalue weighted by molar-refractivity contribution is -0.149. The van der Waals surface area contributed by atoms with Crippen molar-refractivity contribution in [1.29, 1.82) is 0 Å². The summed E-state index contributed by atoms with van der Waals surface area (Å²) in [6.07, 6.45) is 3.23. The molecule has 0 aliphatic heterocycles. The molecule has 0 aromatic carbocycles. The summed E-state index contributed by atoms with van der Waals surface area (Å²) in [6.45, 7) is 4.22. The van der Waals surface area contributed by atoms with Gasteiger partial charge in [-0.3, -0.25) is 9.59 Å². The van der Waals surface area contributed by atoms with Crippen molar-refractivity contribution in [1.82, 2.24) is 0 Å². The third kappa shape index (κ3) is 7.08. The van der Waals surface area contributed by atoms with Crippen LogP contribution in [0.3, 0.4) is 0 Å². The molecule has 4 nitrogen and oxygen atoms in total. The van der Waals surface area contributed by atoms with Gasteiger partial charge in [0.05, 0.1) is 19.1 Å². The van der Waals surface area contributed by atoms with Gasteiger partial charge in [0.25, 0.3) is 0 Å². The highest BCUT2D eigenvalue weighted by Crippen LogP contribution is 2.06. The average molecular weight is 215 g/mol. The van der Waals surface area contributed by atoms with Crippen LogP contribution in [0.5, 0.6) is 0 Å². The van der Waals surface area contributed by atoms with Gasteiger partial charge in [-0.1, -0.05) is 26.7 Å². The van der Waals surface area contributed by atoms with E-state index in [1.54, 1.807) is 6.92 Å². The van der Waals surface area contributed by atoms with Crippen LogP contribution >= 0.6 is 0 Å². The molecule has 4 heteroatoms. The average Bonchev–Trinajstić information content (AvgIpc) is 2.23. The van der Waals surface area contributed by atoms with E-state index in [2.05, 4.69) is 6.92 Å². The van der Waals surface area contributed by atoms with Crippen LogP contribution in [0, 0.1) is 5.92 Å². The van der Waals surface area contributed by atoms with Crippen molar-refractivity contribution in [2.24, 2.45) is 11.7 Å². The van der Waals surface area contributed by atoms with E-state index in [0.29, 0.717) is 6.61 Å². The number of hydrogen-bond donors (Lipinski definition) is 1. The minimum absolute atomic E-state index is 0.00649. The summed E-state index contributed by atoms with van der Waals surface area (Å²) in [5.74, 6) is -0.774. The van der Waals surface area contributed by atoms with E-state index in [9.17, 15) is 9.59 Å². The van der Waals surface area contributed by atoms with Crippen molar-refractivity contribution in [3.63, 3.8) is 0 Å². The molecule has 0 amide bonds. The van der Waals surface area contributed by atoms with E-state index in [4.69, 9.17) is 10.5 Å². The van der Waals surface area contributed by atoms with Crippen LogP contribution in [0.2, 0.25) is 0 Å². The van der Waals surface area contributed by atoms with Crippen molar-refractivity contribution < 1.29 is 14.3 Å². The zero-order chi connectivity index (χ0) is 11.7. The summed E-state index contributed by atoms with van der Waals surface area (Å²) in [7, 11) is 0. The number of nitrogens with two attached hydrogens (primary N) is 1. The van der Waals surface area contributed by atoms with Crippen LogP contribution in [-0.4, -0.2) is 24.9 Å². The van der Waals surface area contributed by atoms with Gasteiger partial charge < -0.3 is 10.5 Å². The van der Waals surface area contributed by atoms with Crippen molar-refractivity contribution in [3.8, 4) is 0 Å². The van der Waals surface area contributed by atoms with Crippen molar-refractivity contribution in [2.75, 3.05) is 13.2 Å². The van der Waals surface area contributed by atoms with E-state index in [-0.39, 0.29) is 30.6 Å². The van der Waals surface area contributed by atoms with Gasteiger partial charge in [0.2, 0.25) is 0 Å². The first-order valence-electron chi connectivity index (χ1n) is 5.50. The van der Waals surface area contributed by atoms with Crippen LogP contribution in [0.15, 0.2) is 0 Å². The summed E-state index contributed by atoms with van der Waals surface area (Å²) in [5, 5.41) is 0. The fourth-order valence-corrected chi connectivity index (χ4v) is 1.18. The molecule has 0 aromatic heterocycles. The van der Waals surface area contributed by atoms with E-state index in [1.165, 1.54) is 0 Å². The predicted octanol–water partition coefficient (Wildman–Crippen LogP) is 1.27. The number of rotatable bonds is 8. The molecule has 0 fully saturated rings. The molecule has 0 bridgehead atoms. The van der Waals surface area contributed by atoms with Crippen LogP contribution < -0.4 is 5.73 Å². The van der Waals surface area contributed by atoms with Gasteiger partial charge in [0.1, 0.15) is 5.78 Å². The van der Waals surface area contributed by atoms with Gasteiger partial charge in [-0.2, -0.15) is 0 Å². The smallest absolute Gasteiger partial charge is 0.309 e. The molecule has 0 aromatic rings. The Balaban J connectivity index is 3.64. The topological polar surface area (TPSA) is 69.4 Å². The standard InChI is InChI=1S/C11H21NO3/c1-3-4-5-6-15-11(14)9(2)7-10(13)8-12/h9H,3-8,12H2,1-2H3. The molecule has 0 spiro atoms. The SMILES string of the molecule is CCCCCOC(=O)C(C)CC(=O)CN. The highest BCUT2D eigenvalue weighted by atomic mass is 16.5. The normalized spacial score (nSPS) is 12.2. The Morgan fingerprint density at radius 2 is 2.00 bits per heavy atom. The Morgan fingerprint density at radius 1 is 1.33 bits per heavy atom. The molecule has 15 heavy (non-hydrogen) atoms. The molecule has 0 saturated carbocycles. The lowest BCUT2D eigenvalue weighted by atomic mass is 10.1. The molecule has 0 radical (unpaired) electrons. The Bertz CT molecular complexity index is 204. The van der Waals surface area contributed by atoms with Crippen LogP contribution in [-0.2, 0) is 14.3 Å². The number of carbonyl (C=O) groups excluding carboxylic acids is 2. The van der Waals surface area contributed by atoms with E-state index in [0.717, 1.165) is 19.3 Å². The molecular weight excluding hydrogens is 194 g/mol. The zero-order valence-electron chi connectivity index (χ0n) is 9.62. The first-order chi connectivity index (χ1) is 7.11. The van der Waals surface area contributed by atoms with Crippen LogP contribution in [0.4, 0.5) is 0 Å². The third-order valence-corrected chi connectivity index (χ3v) is 2.16. The molecule has 2 N–H and O–H groups in total. The second-order valence-corrected chi connectivity index (χ2v) is 3.72. The van der Waals surface area contributed by atoms with Gasteiger partial charge in [0.15, 0.2) is 0 Å². The summed E-state index contributed by atoms with van der Waals surface area (Å²) in [5.41, 5.74) is 5.16. The first-order valence-corrected chi connectivity index (χ1v) is 5.50. The molecule has 0 saturated heterocycles. The van der Waals surface area contributed by atoms with Crippen LogP contribution in [0.25, 0.3) is 0 Å². The molecule has 1 atom stereocenters. The number of ether oxygens (including phenoxy) is 1. The largest absolute Gasteiger partial charge is 0.465 e. The van der Waals surface area contributed by atoms with Gasteiger partial charge in [-0.15, -0.1) is 0 Å². The fourth-order valence-electron chi connectivity index (χ4n) is 1.18. The number of unbranched alkanes of at least 4 members (excludes halogenated alkanes) is 2. The van der Waals surface area contributed by atoms with E-state index < -0.39 is 0 Å². The summed E-state index contributed by atoms with van der Waals surface area (Å²) >= 11 is 0. The monoisotopic (exact) mass is 215 g/mol. The van der Waals surface area contributed by atoms with Gasteiger partial charge in [-0.05, 0) is 6.42 Å². The maximum absolute atomic E-state index is 11.3. The third-order valence-electron chi connectivity index (χ3n) is 2.16. The molecule has 0 rings (SSSR count). The zero-order valence-corrected chi connectivity index (χ0v) is 9.62. The Kier molecular flexibility index (Phi) is 7.91. The van der Waals surface area contributed by atoms with Gasteiger partial charge >= 0.3 is 5.97 Å². The quantitative estimate of drug-likeness (QED) is 0.489. The number of esters is 1. The number of Topliss-reactive ketones (excluding diaryl/α,β-unsaturated/α-hetero) is 1. The van der Waals surface area contributed by atoms with Crippen molar-refractivity contribution in [3.05, 3.63) is 0 Å². The molecule has 88 valence electrons. The van der Waals surface area contributed by atoms with Crippen LogP contribution in [0.1, 0.15) is 39.5 Å². The lowest BCUT2D eigenvalue weighted by Gasteiger charge is -2.09. The highest BCUT2D eigenvalue weighted by molar-refractivity contribution is 5.85. The number of carbonyl (C=O) groups is 2. The molecule has 1 unspecified atom stereocenters. The molecule has 0 heterocycles. The van der Waals surface area contributed by atoms with Crippen molar-refractivity contribution >= 4 is 11.8 Å². The first kappa shape index (κ1) is 14.1. The Hall–Kier alpha value is -0.900. The highest BCUT2D eigenvalue weighted by Gasteiger charge is 2.17. The van der Waals surface area contributed by atoms with Gasteiger partial charge in [-0.25, -0.2) is 0 Å². The minimum atomic E-state index is -0.373. The minimum Gasteiger partial charge on any atom is -0.465 e. The molecular formula is C11H21NO3. The van der Waals surface area contributed by atoms with Gasteiger partial charge in [0, 0.05) is 6.42 Å². The predicted molar refractivity (Wildman–Crippen MR) is 58.3 cm³/mol. The second-order valence-electron chi connectivity index (χ2n) is 3.72. The Morgan fingerprint density at radius 3 is 2.53 bits per heavy atom. The van der Waals surface area contributed by atoms with Crippen molar-refractivity contribution in [2.45, 2.75) is 39.5 Å². The molecule has 0 aliphatic rings. The maximum atomic E-state index is 11.3. The summed E-state index contributed by atoms with van der Waals surface area (Å²) in [6, 6.07) is 0. The Labute approximate surface area is 91.2 Å². The summed E-state index contributed by atoms with van der Waals surface area (Å²) < 4.78 is 5.02. The fraction of sp³-hybridized carbons (Fsp3) is 0.818. The van der Waals surface area contributed by atoms with E-state index in [1.807, 2.05) is 0 Å². The number of hydrogen-bond acceptors (Lipinski definition) is 4. The molecule has 0 aliphatic carbocycles. The summed E-state index contributed by atoms with van der Waals surface area (Å²) in [4.78, 5) is 22.3.